The molecule has 0 spiro atoms. The first-order valence-corrected chi connectivity index (χ1v) is 8.04. The van der Waals surface area contributed by atoms with Crippen molar-refractivity contribution in [1.82, 2.24) is 10.3 Å². The fourth-order valence-corrected chi connectivity index (χ4v) is 3.31. The minimum atomic E-state index is -0.830. The van der Waals surface area contributed by atoms with E-state index >= 15 is 0 Å². The summed E-state index contributed by atoms with van der Waals surface area (Å²) in [6, 6.07) is 9.10. The molecule has 1 saturated carbocycles. The van der Waals surface area contributed by atoms with Crippen LogP contribution in [0.5, 0.6) is 0 Å². The third-order valence-electron chi connectivity index (χ3n) is 4.54. The number of hydrogen-bond donors (Lipinski definition) is 2. The Bertz CT molecular complexity index is 724. The topological polar surface area (TPSA) is 79.3 Å². The standard InChI is InChI=1S/C18H20N2O3/c21-17(16-13-7-5-4-6-12(13)10-11-19-16)20-15-9-3-1-2-8-14(15)18(22)23/h4-7,10-11,14-15H,1-3,8-9H2,(H,20,21)(H,22,23)/t14-,15+/m1/s1. The summed E-state index contributed by atoms with van der Waals surface area (Å²) in [7, 11) is 0. The molecule has 1 aromatic heterocycles. The largest absolute Gasteiger partial charge is 0.481 e. The van der Waals surface area contributed by atoms with E-state index in [9.17, 15) is 14.7 Å². The van der Waals surface area contributed by atoms with Gasteiger partial charge in [0, 0.05) is 17.6 Å². The monoisotopic (exact) mass is 312 g/mol. The van der Waals surface area contributed by atoms with Crippen LogP contribution in [0.2, 0.25) is 0 Å². The second-order valence-electron chi connectivity index (χ2n) is 6.04. The Balaban J connectivity index is 1.85. The van der Waals surface area contributed by atoms with Crippen molar-refractivity contribution >= 4 is 22.6 Å². The molecule has 2 N–H and O–H groups in total. The van der Waals surface area contributed by atoms with E-state index in [1.165, 1.54) is 0 Å². The van der Waals surface area contributed by atoms with Gasteiger partial charge in [0.25, 0.3) is 5.91 Å². The van der Waals surface area contributed by atoms with Crippen molar-refractivity contribution in [3.8, 4) is 0 Å². The van der Waals surface area contributed by atoms with Crippen molar-refractivity contribution in [3.63, 3.8) is 0 Å². The number of aromatic nitrogens is 1. The summed E-state index contributed by atoms with van der Waals surface area (Å²) in [5, 5.41) is 14.1. The van der Waals surface area contributed by atoms with E-state index in [-0.39, 0.29) is 11.9 Å². The third kappa shape index (κ3) is 3.33. The average Bonchev–Trinajstić information content (AvgIpc) is 2.79. The predicted octanol–water partition coefficient (Wildman–Crippen LogP) is 3.00. The number of carboxylic acids is 1. The van der Waals surface area contributed by atoms with Crippen molar-refractivity contribution < 1.29 is 14.7 Å². The van der Waals surface area contributed by atoms with E-state index in [2.05, 4.69) is 10.3 Å². The van der Waals surface area contributed by atoms with Crippen LogP contribution in [0, 0.1) is 5.92 Å². The number of amides is 1. The number of nitrogens with one attached hydrogen (secondary N) is 1. The zero-order valence-electron chi connectivity index (χ0n) is 12.9. The summed E-state index contributed by atoms with van der Waals surface area (Å²) >= 11 is 0. The molecule has 1 fully saturated rings. The lowest BCUT2D eigenvalue weighted by Crippen LogP contribution is -2.43. The van der Waals surface area contributed by atoms with Crippen molar-refractivity contribution in [2.45, 2.75) is 38.1 Å². The van der Waals surface area contributed by atoms with E-state index in [4.69, 9.17) is 0 Å². The van der Waals surface area contributed by atoms with E-state index in [1.54, 1.807) is 6.20 Å². The molecule has 23 heavy (non-hydrogen) atoms. The lowest BCUT2D eigenvalue weighted by Gasteiger charge is -2.22. The molecule has 0 saturated heterocycles. The fraction of sp³-hybridized carbons (Fsp3) is 0.389. The maximum Gasteiger partial charge on any atom is 0.308 e. The molecule has 0 radical (unpaired) electrons. The molecule has 1 aromatic carbocycles. The normalized spacial score (nSPS) is 21.6. The number of benzene rings is 1. The van der Waals surface area contributed by atoms with Gasteiger partial charge in [-0.2, -0.15) is 0 Å². The number of carbonyl (C=O) groups excluding carboxylic acids is 1. The van der Waals surface area contributed by atoms with Crippen LogP contribution >= 0.6 is 0 Å². The van der Waals surface area contributed by atoms with Crippen LogP contribution in [0.3, 0.4) is 0 Å². The Labute approximate surface area is 134 Å². The zero-order valence-corrected chi connectivity index (χ0v) is 12.9. The summed E-state index contributed by atoms with van der Waals surface area (Å²) in [5.74, 6) is -1.64. The molecule has 3 rings (SSSR count). The van der Waals surface area contributed by atoms with Gasteiger partial charge in [-0.05, 0) is 24.3 Å². The molecule has 0 unspecified atom stereocenters. The molecule has 120 valence electrons. The second-order valence-corrected chi connectivity index (χ2v) is 6.04. The maximum absolute atomic E-state index is 12.6. The third-order valence-corrected chi connectivity index (χ3v) is 4.54. The van der Waals surface area contributed by atoms with Crippen LogP contribution in [-0.2, 0) is 4.79 Å². The highest BCUT2D eigenvalue weighted by molar-refractivity contribution is 6.05. The van der Waals surface area contributed by atoms with Crippen LogP contribution in [-0.4, -0.2) is 28.0 Å². The summed E-state index contributed by atoms with van der Waals surface area (Å²) in [5.41, 5.74) is 0.358. The van der Waals surface area contributed by atoms with E-state index in [0.717, 1.165) is 30.0 Å². The molecule has 1 amide bonds. The van der Waals surface area contributed by atoms with Crippen LogP contribution in [0.25, 0.3) is 10.8 Å². The number of nitrogens with zero attached hydrogens (tertiary/aromatic N) is 1. The highest BCUT2D eigenvalue weighted by Gasteiger charge is 2.31. The molecule has 5 nitrogen and oxygen atoms in total. The summed E-state index contributed by atoms with van der Waals surface area (Å²) < 4.78 is 0. The smallest absolute Gasteiger partial charge is 0.308 e. The molecular formula is C18H20N2O3. The van der Waals surface area contributed by atoms with Gasteiger partial charge < -0.3 is 10.4 Å². The van der Waals surface area contributed by atoms with Gasteiger partial charge in [0.05, 0.1) is 5.92 Å². The van der Waals surface area contributed by atoms with Gasteiger partial charge in [-0.25, -0.2) is 0 Å². The molecule has 1 heterocycles. The number of pyridine rings is 1. The Kier molecular flexibility index (Phi) is 4.55. The Morgan fingerprint density at radius 1 is 1.09 bits per heavy atom. The summed E-state index contributed by atoms with van der Waals surface area (Å²) in [4.78, 5) is 28.3. The fourth-order valence-electron chi connectivity index (χ4n) is 3.31. The Hall–Kier alpha value is -2.43. The van der Waals surface area contributed by atoms with E-state index in [0.29, 0.717) is 18.5 Å². The van der Waals surface area contributed by atoms with E-state index < -0.39 is 11.9 Å². The second kappa shape index (κ2) is 6.77. The van der Waals surface area contributed by atoms with Gasteiger partial charge in [0.15, 0.2) is 0 Å². The van der Waals surface area contributed by atoms with Crippen LogP contribution < -0.4 is 5.32 Å². The zero-order chi connectivity index (χ0) is 16.2. The summed E-state index contributed by atoms with van der Waals surface area (Å²) in [6.07, 6.45) is 5.78. The first kappa shape index (κ1) is 15.5. The summed E-state index contributed by atoms with van der Waals surface area (Å²) in [6.45, 7) is 0. The minimum absolute atomic E-state index is 0.292. The molecular weight excluding hydrogens is 292 g/mol. The number of rotatable bonds is 3. The van der Waals surface area contributed by atoms with E-state index in [1.807, 2.05) is 30.3 Å². The van der Waals surface area contributed by atoms with Crippen LogP contribution in [0.4, 0.5) is 0 Å². The molecule has 5 heteroatoms. The molecule has 2 aromatic rings. The van der Waals surface area contributed by atoms with Crippen molar-refractivity contribution in [2.75, 3.05) is 0 Å². The molecule has 2 atom stereocenters. The Morgan fingerprint density at radius 2 is 1.87 bits per heavy atom. The highest BCUT2D eigenvalue weighted by Crippen LogP contribution is 2.24. The van der Waals surface area contributed by atoms with Crippen LogP contribution in [0.15, 0.2) is 36.5 Å². The van der Waals surface area contributed by atoms with Gasteiger partial charge in [-0.15, -0.1) is 0 Å². The van der Waals surface area contributed by atoms with Crippen molar-refractivity contribution in [2.24, 2.45) is 5.92 Å². The van der Waals surface area contributed by atoms with Crippen molar-refractivity contribution in [1.29, 1.82) is 0 Å². The number of aliphatic carboxylic acids is 1. The van der Waals surface area contributed by atoms with Crippen LogP contribution in [0.1, 0.15) is 42.6 Å². The first-order chi connectivity index (χ1) is 11.2. The molecule has 0 aliphatic heterocycles. The minimum Gasteiger partial charge on any atom is -0.481 e. The number of hydrogen-bond acceptors (Lipinski definition) is 3. The molecule has 1 aliphatic rings. The first-order valence-electron chi connectivity index (χ1n) is 8.04. The number of carboxylic acid groups (broad SMARTS) is 1. The van der Waals surface area contributed by atoms with Gasteiger partial charge >= 0.3 is 5.97 Å². The predicted molar refractivity (Wildman–Crippen MR) is 87.2 cm³/mol. The quantitative estimate of drug-likeness (QED) is 0.854. The number of carbonyl (C=O) groups is 2. The lowest BCUT2D eigenvalue weighted by atomic mass is 9.94. The van der Waals surface area contributed by atoms with Crippen molar-refractivity contribution in [3.05, 3.63) is 42.2 Å². The van der Waals surface area contributed by atoms with Gasteiger partial charge in [-0.3, -0.25) is 14.6 Å². The lowest BCUT2D eigenvalue weighted by molar-refractivity contribution is -0.142. The highest BCUT2D eigenvalue weighted by atomic mass is 16.4. The van der Waals surface area contributed by atoms with Gasteiger partial charge in [0.1, 0.15) is 5.69 Å². The number of fused-ring (bicyclic) bond motifs is 1. The maximum atomic E-state index is 12.6. The van der Waals surface area contributed by atoms with Gasteiger partial charge in [0.2, 0.25) is 0 Å². The Morgan fingerprint density at radius 3 is 2.70 bits per heavy atom. The van der Waals surface area contributed by atoms with Gasteiger partial charge in [-0.1, -0.05) is 43.5 Å². The average molecular weight is 312 g/mol. The molecule has 0 bridgehead atoms. The molecule has 1 aliphatic carbocycles. The SMILES string of the molecule is O=C(N[C@H]1CCCCC[C@H]1C(=O)O)c1nccc2ccccc12.